The van der Waals surface area contributed by atoms with Crippen molar-refractivity contribution in [1.82, 2.24) is 0 Å². The van der Waals surface area contributed by atoms with E-state index in [4.69, 9.17) is 0 Å². The molecule has 0 N–H and O–H groups in total. The molecule has 3 atom stereocenters. The van der Waals surface area contributed by atoms with E-state index >= 15 is 0 Å². The van der Waals surface area contributed by atoms with Gasteiger partial charge < -0.3 is 0 Å². The van der Waals surface area contributed by atoms with Crippen LogP contribution in [0.5, 0.6) is 0 Å². The smallest absolute Gasteiger partial charge is 0.00943 e. The average Bonchev–Trinajstić information content (AvgIpc) is 3.31. The van der Waals surface area contributed by atoms with Gasteiger partial charge in [0.05, 0.1) is 0 Å². The lowest BCUT2D eigenvalue weighted by atomic mass is 10.0. The van der Waals surface area contributed by atoms with Gasteiger partial charge in [-0.3, -0.25) is 0 Å². The summed E-state index contributed by atoms with van der Waals surface area (Å²) in [7, 11) is -0.957. The summed E-state index contributed by atoms with van der Waals surface area (Å²) in [5, 5.41) is 6.27. The van der Waals surface area contributed by atoms with E-state index in [2.05, 4.69) is 135 Å². The molecule has 1 fully saturated rings. The molecule has 4 aromatic rings. The standard InChI is InChI=1S/C39H48P2/c1-25-13-26(2)18-34(17-25)40(35-19-27(3)14-28(4)20-35)33(9)38-11-10-12-39(38)41(36-21-29(5)15-30(6)22-36)37-23-31(7)16-32(8)24-37/h13-24,33,38-39H,10-12H2,1-9H3/t33-,38?,39?/m1/s1. The molecular weight excluding hydrogens is 530 g/mol. The third kappa shape index (κ3) is 6.87. The van der Waals surface area contributed by atoms with Crippen LogP contribution in [-0.4, -0.2) is 11.3 Å². The van der Waals surface area contributed by atoms with Crippen molar-refractivity contribution in [1.29, 1.82) is 0 Å². The predicted octanol–water partition coefficient (Wildman–Crippen LogP) is 9.28. The van der Waals surface area contributed by atoms with E-state index in [0.29, 0.717) is 17.2 Å². The van der Waals surface area contributed by atoms with Gasteiger partial charge in [-0.15, -0.1) is 0 Å². The van der Waals surface area contributed by atoms with Gasteiger partial charge in [-0.1, -0.05) is 131 Å². The molecule has 0 nitrogen and oxygen atoms in total. The van der Waals surface area contributed by atoms with Gasteiger partial charge in [0.2, 0.25) is 0 Å². The molecule has 0 amide bonds. The molecule has 0 bridgehead atoms. The quantitative estimate of drug-likeness (QED) is 0.192. The topological polar surface area (TPSA) is 0 Å². The van der Waals surface area contributed by atoms with Gasteiger partial charge in [0.15, 0.2) is 0 Å². The number of aryl methyl sites for hydroxylation is 8. The van der Waals surface area contributed by atoms with Crippen LogP contribution in [0, 0.1) is 61.3 Å². The maximum absolute atomic E-state index is 2.61. The maximum Gasteiger partial charge on any atom is -0.00943 e. The Bertz CT molecular complexity index is 1360. The van der Waals surface area contributed by atoms with Crippen LogP contribution < -0.4 is 21.2 Å². The largest absolute Gasteiger partial charge is 0.0576 e. The van der Waals surface area contributed by atoms with Crippen molar-refractivity contribution >= 4 is 37.1 Å². The summed E-state index contributed by atoms with van der Waals surface area (Å²) in [6.07, 6.45) is 4.02. The van der Waals surface area contributed by atoms with Gasteiger partial charge in [-0.05, 0) is 123 Å². The van der Waals surface area contributed by atoms with Gasteiger partial charge >= 0.3 is 0 Å². The molecule has 0 aliphatic heterocycles. The van der Waals surface area contributed by atoms with Crippen molar-refractivity contribution in [2.45, 2.75) is 92.9 Å². The van der Waals surface area contributed by atoms with Gasteiger partial charge in [-0.2, -0.15) is 0 Å². The summed E-state index contributed by atoms with van der Waals surface area (Å²) in [6, 6.07) is 29.4. The van der Waals surface area contributed by atoms with Crippen molar-refractivity contribution in [3.63, 3.8) is 0 Å². The van der Waals surface area contributed by atoms with Crippen LogP contribution in [0.15, 0.2) is 72.8 Å². The highest BCUT2D eigenvalue weighted by Crippen LogP contribution is 2.56. The fourth-order valence-electron chi connectivity index (χ4n) is 7.55. The first-order chi connectivity index (χ1) is 19.5. The SMILES string of the molecule is Cc1cc(C)cc(P(c2cc(C)cc(C)c2)C2CCCC2[C@@H](C)P(c2cc(C)cc(C)c2)c2cc(C)cc(C)c2)c1. The molecule has 4 aromatic carbocycles. The first-order valence-corrected chi connectivity index (χ1v) is 18.2. The van der Waals surface area contributed by atoms with Crippen molar-refractivity contribution in [2.75, 3.05) is 0 Å². The normalized spacial score (nSPS) is 17.9. The third-order valence-corrected chi connectivity index (χ3v) is 14.6. The van der Waals surface area contributed by atoms with E-state index in [1.807, 2.05) is 0 Å². The Kier molecular flexibility index (Phi) is 9.24. The van der Waals surface area contributed by atoms with Crippen molar-refractivity contribution in [3.05, 3.63) is 117 Å². The highest BCUT2D eigenvalue weighted by atomic mass is 31.1. The zero-order valence-corrected chi connectivity index (χ0v) is 28.5. The fourth-order valence-corrected chi connectivity index (χ4v) is 14.7. The number of rotatable bonds is 7. The van der Waals surface area contributed by atoms with Crippen LogP contribution in [0.3, 0.4) is 0 Å². The Labute approximate surface area is 252 Å². The Morgan fingerprint density at radius 3 is 1.12 bits per heavy atom. The molecule has 2 heteroatoms. The minimum absolute atomic E-state index is 0.466. The number of hydrogen-bond acceptors (Lipinski definition) is 0. The van der Waals surface area contributed by atoms with E-state index in [9.17, 15) is 0 Å². The number of benzene rings is 4. The summed E-state index contributed by atoms with van der Waals surface area (Å²) >= 11 is 0. The van der Waals surface area contributed by atoms with Crippen LogP contribution in [0.2, 0.25) is 0 Å². The van der Waals surface area contributed by atoms with Crippen LogP contribution in [0.1, 0.15) is 70.7 Å². The van der Waals surface area contributed by atoms with Gasteiger partial charge in [0.25, 0.3) is 0 Å². The second-order valence-corrected chi connectivity index (χ2v) is 18.0. The fraction of sp³-hybridized carbons (Fsp3) is 0.385. The highest BCUT2D eigenvalue weighted by molar-refractivity contribution is 7.74. The van der Waals surface area contributed by atoms with E-state index in [1.54, 1.807) is 21.2 Å². The maximum atomic E-state index is 2.61. The summed E-state index contributed by atoms with van der Waals surface area (Å²) in [5.41, 5.74) is 12.4. The summed E-state index contributed by atoms with van der Waals surface area (Å²) < 4.78 is 0. The summed E-state index contributed by atoms with van der Waals surface area (Å²) in [4.78, 5) is 0. The average molecular weight is 579 g/mol. The molecule has 0 saturated heterocycles. The minimum atomic E-state index is -0.492. The first kappa shape index (κ1) is 30.2. The molecule has 1 saturated carbocycles. The second kappa shape index (κ2) is 12.5. The van der Waals surface area contributed by atoms with Crippen molar-refractivity contribution < 1.29 is 0 Å². The lowest BCUT2D eigenvalue weighted by molar-refractivity contribution is 0.548. The van der Waals surface area contributed by atoms with Crippen LogP contribution >= 0.6 is 15.8 Å². The Morgan fingerprint density at radius 1 is 0.463 bits per heavy atom. The highest BCUT2D eigenvalue weighted by Gasteiger charge is 2.41. The van der Waals surface area contributed by atoms with Crippen molar-refractivity contribution in [2.24, 2.45) is 5.92 Å². The van der Waals surface area contributed by atoms with Crippen LogP contribution in [0.4, 0.5) is 0 Å². The molecule has 1 aliphatic rings. The molecule has 0 aromatic heterocycles. The molecule has 41 heavy (non-hydrogen) atoms. The molecule has 0 radical (unpaired) electrons. The molecule has 0 heterocycles. The van der Waals surface area contributed by atoms with Crippen LogP contribution in [-0.2, 0) is 0 Å². The van der Waals surface area contributed by atoms with E-state index in [1.165, 1.54) is 63.8 Å². The lowest BCUT2D eigenvalue weighted by Crippen LogP contribution is -2.33. The van der Waals surface area contributed by atoms with E-state index in [0.717, 1.165) is 0 Å². The van der Waals surface area contributed by atoms with E-state index in [-0.39, 0.29) is 0 Å². The molecule has 5 rings (SSSR count). The first-order valence-electron chi connectivity index (χ1n) is 15.4. The van der Waals surface area contributed by atoms with Crippen LogP contribution in [0.25, 0.3) is 0 Å². The zero-order chi connectivity index (χ0) is 29.4. The minimum Gasteiger partial charge on any atom is -0.0576 e. The molecule has 0 spiro atoms. The monoisotopic (exact) mass is 578 g/mol. The zero-order valence-electron chi connectivity index (χ0n) is 26.7. The van der Waals surface area contributed by atoms with Crippen molar-refractivity contribution in [3.8, 4) is 0 Å². The summed E-state index contributed by atoms with van der Waals surface area (Å²) in [6.45, 7) is 20.8. The predicted molar refractivity (Wildman–Crippen MR) is 187 cm³/mol. The third-order valence-electron chi connectivity index (χ3n) is 8.83. The molecule has 2 unspecified atom stereocenters. The second-order valence-electron chi connectivity index (χ2n) is 13.0. The Balaban J connectivity index is 1.65. The molecule has 214 valence electrons. The van der Waals surface area contributed by atoms with Gasteiger partial charge in [0, 0.05) is 0 Å². The molecular formula is C39H48P2. The number of hydrogen-bond donors (Lipinski definition) is 0. The Morgan fingerprint density at radius 2 is 0.780 bits per heavy atom. The van der Waals surface area contributed by atoms with Gasteiger partial charge in [-0.25, -0.2) is 0 Å². The van der Waals surface area contributed by atoms with Gasteiger partial charge in [0.1, 0.15) is 0 Å². The Hall–Kier alpha value is -2.26. The van der Waals surface area contributed by atoms with E-state index < -0.39 is 15.8 Å². The lowest BCUT2D eigenvalue weighted by Gasteiger charge is -2.38. The molecule has 1 aliphatic carbocycles. The summed E-state index contributed by atoms with van der Waals surface area (Å²) in [5.74, 6) is 0.704.